The minimum atomic E-state index is -0.202. The summed E-state index contributed by atoms with van der Waals surface area (Å²) in [5.74, 6) is 1.60. The standard InChI is InChI=1S/C16H30N2O/c1-12(2)8-7-11-18-14(13(3)4)17-16(15(18)19)9-5-6-10-16/h12-14,17H,5-11H2,1-4H3. The zero-order chi connectivity index (χ0) is 14.0. The lowest BCUT2D eigenvalue weighted by Crippen LogP contribution is -2.45. The van der Waals surface area contributed by atoms with Crippen LogP contribution in [-0.4, -0.2) is 29.1 Å². The monoisotopic (exact) mass is 266 g/mol. The topological polar surface area (TPSA) is 32.3 Å². The molecule has 0 aromatic rings. The van der Waals surface area contributed by atoms with Gasteiger partial charge in [0.2, 0.25) is 5.91 Å². The van der Waals surface area contributed by atoms with Crippen LogP contribution in [0.25, 0.3) is 0 Å². The van der Waals surface area contributed by atoms with E-state index in [4.69, 9.17) is 0 Å². The van der Waals surface area contributed by atoms with Crippen LogP contribution in [0, 0.1) is 11.8 Å². The molecule has 3 heteroatoms. The Bertz CT molecular complexity index is 319. The van der Waals surface area contributed by atoms with Crippen LogP contribution in [-0.2, 0) is 4.79 Å². The lowest BCUT2D eigenvalue weighted by molar-refractivity contribution is -0.133. The van der Waals surface area contributed by atoms with Crippen LogP contribution in [0.5, 0.6) is 0 Å². The van der Waals surface area contributed by atoms with Crippen molar-refractivity contribution in [2.45, 2.75) is 77.9 Å². The third-order valence-corrected chi connectivity index (χ3v) is 4.70. The molecule has 1 amide bonds. The van der Waals surface area contributed by atoms with Crippen LogP contribution >= 0.6 is 0 Å². The predicted octanol–water partition coefficient (Wildman–Crippen LogP) is 3.15. The summed E-state index contributed by atoms with van der Waals surface area (Å²) < 4.78 is 0. The number of nitrogens with one attached hydrogen (secondary N) is 1. The van der Waals surface area contributed by atoms with Gasteiger partial charge in [0.1, 0.15) is 0 Å². The second-order valence-electron chi connectivity index (χ2n) is 7.16. The van der Waals surface area contributed by atoms with Crippen molar-refractivity contribution in [2.75, 3.05) is 6.54 Å². The molecule has 2 fully saturated rings. The maximum absolute atomic E-state index is 12.8. The van der Waals surface area contributed by atoms with Gasteiger partial charge in [-0.15, -0.1) is 0 Å². The molecular weight excluding hydrogens is 236 g/mol. The first-order chi connectivity index (χ1) is 8.96. The lowest BCUT2D eigenvalue weighted by atomic mass is 9.98. The van der Waals surface area contributed by atoms with E-state index in [1.807, 2.05) is 0 Å². The van der Waals surface area contributed by atoms with Gasteiger partial charge in [0.15, 0.2) is 0 Å². The second-order valence-corrected chi connectivity index (χ2v) is 7.16. The molecule has 0 bridgehead atoms. The van der Waals surface area contributed by atoms with E-state index in [-0.39, 0.29) is 11.7 Å². The summed E-state index contributed by atoms with van der Waals surface area (Å²) in [5, 5.41) is 3.68. The highest BCUT2D eigenvalue weighted by Gasteiger charge is 2.52. The van der Waals surface area contributed by atoms with Crippen LogP contribution in [0.2, 0.25) is 0 Å². The van der Waals surface area contributed by atoms with Crippen LogP contribution in [0.4, 0.5) is 0 Å². The van der Waals surface area contributed by atoms with Crippen molar-refractivity contribution in [3.63, 3.8) is 0 Å². The van der Waals surface area contributed by atoms with Gasteiger partial charge in [-0.25, -0.2) is 0 Å². The summed E-state index contributed by atoms with van der Waals surface area (Å²) in [6, 6.07) is 0. The van der Waals surface area contributed by atoms with Gasteiger partial charge in [-0.05, 0) is 37.5 Å². The number of carbonyl (C=O) groups is 1. The van der Waals surface area contributed by atoms with Gasteiger partial charge >= 0.3 is 0 Å². The Labute approximate surface area is 118 Å². The molecule has 19 heavy (non-hydrogen) atoms. The Morgan fingerprint density at radius 1 is 1.26 bits per heavy atom. The third-order valence-electron chi connectivity index (χ3n) is 4.70. The van der Waals surface area contributed by atoms with Gasteiger partial charge in [0, 0.05) is 6.54 Å². The number of hydrogen-bond acceptors (Lipinski definition) is 2. The molecule has 1 spiro atoms. The number of rotatable bonds is 5. The van der Waals surface area contributed by atoms with E-state index in [9.17, 15) is 4.79 Å². The molecule has 110 valence electrons. The van der Waals surface area contributed by atoms with E-state index in [1.165, 1.54) is 19.3 Å². The quantitative estimate of drug-likeness (QED) is 0.829. The van der Waals surface area contributed by atoms with E-state index in [2.05, 4.69) is 37.9 Å². The molecule has 1 unspecified atom stereocenters. The zero-order valence-corrected chi connectivity index (χ0v) is 13.0. The fourth-order valence-electron chi connectivity index (χ4n) is 3.60. The molecule has 1 aliphatic heterocycles. The first-order valence-corrected chi connectivity index (χ1v) is 8.05. The van der Waals surface area contributed by atoms with Crippen molar-refractivity contribution in [3.8, 4) is 0 Å². The average Bonchev–Trinajstić information content (AvgIpc) is 2.90. The second kappa shape index (κ2) is 5.82. The molecule has 1 aliphatic carbocycles. The molecule has 0 radical (unpaired) electrons. The largest absolute Gasteiger partial charge is 0.325 e. The van der Waals surface area contributed by atoms with Gasteiger partial charge in [0.25, 0.3) is 0 Å². The smallest absolute Gasteiger partial charge is 0.244 e. The SMILES string of the molecule is CC(C)CCCN1C(=O)C2(CCCC2)NC1C(C)C. The first-order valence-electron chi connectivity index (χ1n) is 8.05. The molecule has 2 rings (SSSR count). The van der Waals surface area contributed by atoms with Crippen LogP contribution in [0.15, 0.2) is 0 Å². The number of carbonyl (C=O) groups excluding carboxylic acids is 1. The Kier molecular flexibility index (Phi) is 4.54. The van der Waals surface area contributed by atoms with Crippen LogP contribution in [0.1, 0.15) is 66.2 Å². The molecule has 0 aromatic heterocycles. The molecule has 1 heterocycles. The summed E-state index contributed by atoms with van der Waals surface area (Å²) in [6.45, 7) is 9.86. The number of amides is 1. The Balaban J connectivity index is 2.03. The van der Waals surface area contributed by atoms with Gasteiger partial charge in [-0.2, -0.15) is 0 Å². The number of hydrogen-bond donors (Lipinski definition) is 1. The summed E-state index contributed by atoms with van der Waals surface area (Å²) in [6.07, 6.45) is 7.06. The molecule has 1 atom stereocenters. The molecular formula is C16H30N2O. The van der Waals surface area contributed by atoms with E-state index in [0.29, 0.717) is 11.8 Å². The minimum Gasteiger partial charge on any atom is -0.325 e. The lowest BCUT2D eigenvalue weighted by Gasteiger charge is -2.27. The maximum atomic E-state index is 12.8. The van der Waals surface area contributed by atoms with E-state index >= 15 is 0 Å². The molecule has 1 saturated carbocycles. The van der Waals surface area contributed by atoms with E-state index < -0.39 is 0 Å². The average molecular weight is 266 g/mol. The summed E-state index contributed by atoms with van der Waals surface area (Å²) >= 11 is 0. The fourth-order valence-corrected chi connectivity index (χ4v) is 3.60. The molecule has 0 aromatic carbocycles. The maximum Gasteiger partial charge on any atom is 0.244 e. The highest BCUT2D eigenvalue weighted by molar-refractivity contribution is 5.89. The van der Waals surface area contributed by atoms with Gasteiger partial charge < -0.3 is 4.90 Å². The van der Waals surface area contributed by atoms with Crippen molar-refractivity contribution in [1.82, 2.24) is 10.2 Å². The van der Waals surface area contributed by atoms with E-state index in [1.54, 1.807) is 0 Å². The van der Waals surface area contributed by atoms with Crippen molar-refractivity contribution in [2.24, 2.45) is 11.8 Å². The highest BCUT2D eigenvalue weighted by atomic mass is 16.2. The minimum absolute atomic E-state index is 0.202. The van der Waals surface area contributed by atoms with Crippen molar-refractivity contribution in [3.05, 3.63) is 0 Å². The fraction of sp³-hybridized carbons (Fsp3) is 0.938. The normalized spacial score (nSPS) is 26.3. The molecule has 2 aliphatic rings. The first kappa shape index (κ1) is 14.8. The predicted molar refractivity (Wildman–Crippen MR) is 78.7 cm³/mol. The zero-order valence-electron chi connectivity index (χ0n) is 13.0. The van der Waals surface area contributed by atoms with Crippen LogP contribution < -0.4 is 5.32 Å². The van der Waals surface area contributed by atoms with Crippen molar-refractivity contribution < 1.29 is 4.79 Å². The molecule has 3 nitrogen and oxygen atoms in total. The Hall–Kier alpha value is -0.570. The molecule has 1 saturated heterocycles. The summed E-state index contributed by atoms with van der Waals surface area (Å²) in [5.41, 5.74) is -0.202. The summed E-state index contributed by atoms with van der Waals surface area (Å²) in [7, 11) is 0. The van der Waals surface area contributed by atoms with Gasteiger partial charge in [-0.1, -0.05) is 40.5 Å². The molecule has 1 N–H and O–H groups in total. The highest BCUT2D eigenvalue weighted by Crippen LogP contribution is 2.37. The third kappa shape index (κ3) is 2.96. The number of nitrogens with zero attached hydrogens (tertiary/aromatic N) is 1. The van der Waals surface area contributed by atoms with Gasteiger partial charge in [-0.3, -0.25) is 10.1 Å². The Morgan fingerprint density at radius 2 is 1.89 bits per heavy atom. The summed E-state index contributed by atoms with van der Waals surface area (Å²) in [4.78, 5) is 14.9. The van der Waals surface area contributed by atoms with Crippen molar-refractivity contribution >= 4 is 5.91 Å². The van der Waals surface area contributed by atoms with Crippen molar-refractivity contribution in [1.29, 1.82) is 0 Å². The van der Waals surface area contributed by atoms with Gasteiger partial charge in [0.05, 0.1) is 11.7 Å². The van der Waals surface area contributed by atoms with Crippen LogP contribution in [0.3, 0.4) is 0 Å². The Morgan fingerprint density at radius 3 is 2.42 bits per heavy atom. The van der Waals surface area contributed by atoms with E-state index in [0.717, 1.165) is 31.7 Å².